The number of hydrogen-bond donors (Lipinski definition) is 3. The van der Waals surface area contributed by atoms with E-state index in [4.69, 9.17) is 5.21 Å². The van der Waals surface area contributed by atoms with Crippen LogP contribution in [-0.4, -0.2) is 10.3 Å². The van der Waals surface area contributed by atoms with Crippen molar-refractivity contribution in [3.63, 3.8) is 0 Å². The van der Waals surface area contributed by atoms with Crippen LogP contribution in [0.15, 0.2) is 22.7 Å². The quantitative estimate of drug-likeness (QED) is 0.661. The molecule has 0 heterocycles. The van der Waals surface area contributed by atoms with Crippen molar-refractivity contribution < 1.29 is 10.3 Å². The van der Waals surface area contributed by atoms with E-state index in [0.717, 1.165) is 0 Å². The molecule has 3 N–H and O–H groups in total. The van der Waals surface area contributed by atoms with Gasteiger partial charge in [0.25, 0.3) is 0 Å². The zero-order valence-corrected chi connectivity index (χ0v) is 7.30. The van der Waals surface area contributed by atoms with Gasteiger partial charge in [-0.25, -0.2) is 5.48 Å². The summed E-state index contributed by atoms with van der Waals surface area (Å²) < 4.78 is 0.630. The summed E-state index contributed by atoms with van der Waals surface area (Å²) in [5.74, 6) is 0.161. The number of phenols is 1. The van der Waals surface area contributed by atoms with E-state index < -0.39 is 0 Å². The molecule has 0 bridgehead atoms. The standard InChI is InChI=1S/C7H8BrNO2/c8-6-3-1-2-5(4-9-11)7(6)10/h1-3,9-11H,4H2. The van der Waals surface area contributed by atoms with Gasteiger partial charge in [-0.3, -0.25) is 0 Å². The van der Waals surface area contributed by atoms with Crippen molar-refractivity contribution in [1.82, 2.24) is 5.48 Å². The Kier molecular flexibility index (Phi) is 2.87. The molecule has 0 spiro atoms. The van der Waals surface area contributed by atoms with Crippen LogP contribution in [0.25, 0.3) is 0 Å². The minimum Gasteiger partial charge on any atom is -0.506 e. The fourth-order valence-electron chi connectivity index (χ4n) is 0.788. The van der Waals surface area contributed by atoms with E-state index in [0.29, 0.717) is 10.0 Å². The topological polar surface area (TPSA) is 52.5 Å². The lowest BCUT2D eigenvalue weighted by Crippen LogP contribution is -2.05. The molecule has 0 saturated carbocycles. The first-order chi connectivity index (χ1) is 5.25. The highest BCUT2D eigenvalue weighted by atomic mass is 79.9. The van der Waals surface area contributed by atoms with E-state index >= 15 is 0 Å². The fourth-order valence-corrected chi connectivity index (χ4v) is 1.20. The SMILES string of the molecule is ONCc1cccc(Br)c1O. The second-order valence-electron chi connectivity index (χ2n) is 2.08. The van der Waals surface area contributed by atoms with Gasteiger partial charge in [0.05, 0.1) is 4.47 Å². The third-order valence-corrected chi connectivity index (χ3v) is 1.98. The number of hydrogen-bond acceptors (Lipinski definition) is 3. The Labute approximate surface area is 72.8 Å². The van der Waals surface area contributed by atoms with Crippen molar-refractivity contribution in [2.75, 3.05) is 0 Å². The highest BCUT2D eigenvalue weighted by Gasteiger charge is 2.02. The van der Waals surface area contributed by atoms with E-state index in [9.17, 15) is 5.11 Å². The van der Waals surface area contributed by atoms with Gasteiger partial charge in [-0.15, -0.1) is 0 Å². The Bertz CT molecular complexity index is 252. The molecule has 0 aliphatic carbocycles. The summed E-state index contributed by atoms with van der Waals surface area (Å²) in [5, 5.41) is 17.7. The summed E-state index contributed by atoms with van der Waals surface area (Å²) in [5.41, 5.74) is 2.63. The largest absolute Gasteiger partial charge is 0.506 e. The molecule has 1 rings (SSSR count). The molecule has 0 atom stereocenters. The Morgan fingerprint density at radius 2 is 2.18 bits per heavy atom. The van der Waals surface area contributed by atoms with Gasteiger partial charge in [-0.05, 0) is 22.0 Å². The number of hydroxylamine groups is 1. The highest BCUT2D eigenvalue weighted by Crippen LogP contribution is 2.26. The number of rotatable bonds is 2. The van der Waals surface area contributed by atoms with Crippen LogP contribution in [0.3, 0.4) is 0 Å². The minimum absolute atomic E-state index is 0.161. The van der Waals surface area contributed by atoms with Gasteiger partial charge in [0.2, 0.25) is 0 Å². The van der Waals surface area contributed by atoms with Gasteiger partial charge in [0.15, 0.2) is 0 Å². The zero-order chi connectivity index (χ0) is 8.27. The highest BCUT2D eigenvalue weighted by molar-refractivity contribution is 9.10. The van der Waals surface area contributed by atoms with Crippen molar-refractivity contribution in [3.8, 4) is 5.75 Å². The van der Waals surface area contributed by atoms with Crippen LogP contribution in [0.4, 0.5) is 0 Å². The van der Waals surface area contributed by atoms with Crippen molar-refractivity contribution in [2.45, 2.75) is 6.54 Å². The predicted octanol–water partition coefficient (Wildman–Crippen LogP) is 1.63. The summed E-state index contributed by atoms with van der Waals surface area (Å²) >= 11 is 3.16. The molecule has 1 aromatic carbocycles. The van der Waals surface area contributed by atoms with Gasteiger partial charge in [0.1, 0.15) is 5.75 Å². The van der Waals surface area contributed by atoms with Gasteiger partial charge >= 0.3 is 0 Å². The van der Waals surface area contributed by atoms with Crippen LogP contribution in [0.5, 0.6) is 5.75 Å². The summed E-state index contributed by atoms with van der Waals surface area (Å²) in [6, 6.07) is 5.25. The maximum Gasteiger partial charge on any atom is 0.134 e. The average molecular weight is 218 g/mol. The van der Waals surface area contributed by atoms with E-state index in [1.807, 2.05) is 5.48 Å². The minimum atomic E-state index is 0.161. The first-order valence-corrected chi connectivity index (χ1v) is 3.88. The smallest absolute Gasteiger partial charge is 0.134 e. The van der Waals surface area contributed by atoms with Crippen molar-refractivity contribution in [3.05, 3.63) is 28.2 Å². The number of aromatic hydroxyl groups is 1. The molecule has 3 nitrogen and oxygen atoms in total. The first kappa shape index (κ1) is 8.52. The third kappa shape index (κ3) is 1.92. The number of halogens is 1. The van der Waals surface area contributed by atoms with Gasteiger partial charge in [-0.1, -0.05) is 12.1 Å². The Balaban J connectivity index is 2.96. The normalized spacial score (nSPS) is 10.0. The zero-order valence-electron chi connectivity index (χ0n) is 5.71. The van der Waals surface area contributed by atoms with E-state index in [1.165, 1.54) is 0 Å². The monoisotopic (exact) mass is 217 g/mol. The number of benzene rings is 1. The molecule has 0 fully saturated rings. The molecule has 0 aliphatic heterocycles. The lowest BCUT2D eigenvalue weighted by molar-refractivity contribution is 0.160. The molecule has 4 heteroatoms. The summed E-state index contributed by atoms with van der Waals surface area (Å²) in [4.78, 5) is 0. The van der Waals surface area contributed by atoms with E-state index in [1.54, 1.807) is 18.2 Å². The van der Waals surface area contributed by atoms with Crippen LogP contribution < -0.4 is 5.48 Å². The van der Waals surface area contributed by atoms with Crippen molar-refractivity contribution >= 4 is 15.9 Å². The number of phenolic OH excluding ortho intramolecular Hbond substituents is 1. The molecule has 1 aromatic rings. The van der Waals surface area contributed by atoms with Crippen LogP contribution in [0, 0.1) is 0 Å². The van der Waals surface area contributed by atoms with Gasteiger partial charge in [0, 0.05) is 12.1 Å². The molecule has 0 radical (unpaired) electrons. The van der Waals surface area contributed by atoms with Crippen LogP contribution in [0.2, 0.25) is 0 Å². The molecule has 0 unspecified atom stereocenters. The molecule has 0 saturated heterocycles. The molecule has 0 aliphatic rings. The fraction of sp³-hybridized carbons (Fsp3) is 0.143. The maximum absolute atomic E-state index is 9.33. The lowest BCUT2D eigenvalue weighted by Gasteiger charge is -2.03. The summed E-state index contributed by atoms with van der Waals surface area (Å²) in [6.45, 7) is 0.241. The van der Waals surface area contributed by atoms with E-state index in [2.05, 4.69) is 15.9 Å². The van der Waals surface area contributed by atoms with Crippen molar-refractivity contribution in [1.29, 1.82) is 0 Å². The Hall–Kier alpha value is -0.580. The van der Waals surface area contributed by atoms with Crippen LogP contribution in [-0.2, 0) is 6.54 Å². The summed E-state index contributed by atoms with van der Waals surface area (Å²) in [6.07, 6.45) is 0. The van der Waals surface area contributed by atoms with Gasteiger partial charge in [-0.2, -0.15) is 0 Å². The molecular formula is C7H8BrNO2. The molecule has 60 valence electrons. The van der Waals surface area contributed by atoms with E-state index in [-0.39, 0.29) is 12.3 Å². The van der Waals surface area contributed by atoms with Crippen LogP contribution in [0.1, 0.15) is 5.56 Å². The molecule has 0 amide bonds. The third-order valence-electron chi connectivity index (χ3n) is 1.34. The Morgan fingerprint density at radius 3 is 2.82 bits per heavy atom. The van der Waals surface area contributed by atoms with Gasteiger partial charge < -0.3 is 10.3 Å². The number of nitrogens with one attached hydrogen (secondary N) is 1. The number of para-hydroxylation sites is 1. The lowest BCUT2D eigenvalue weighted by atomic mass is 10.2. The second kappa shape index (κ2) is 3.71. The van der Waals surface area contributed by atoms with Crippen LogP contribution >= 0.6 is 15.9 Å². The Morgan fingerprint density at radius 1 is 1.45 bits per heavy atom. The predicted molar refractivity (Wildman–Crippen MR) is 44.4 cm³/mol. The first-order valence-electron chi connectivity index (χ1n) is 3.09. The molecule has 0 aromatic heterocycles. The molecular weight excluding hydrogens is 210 g/mol. The molecule has 11 heavy (non-hydrogen) atoms. The van der Waals surface area contributed by atoms with Crippen molar-refractivity contribution in [2.24, 2.45) is 0 Å². The second-order valence-corrected chi connectivity index (χ2v) is 2.94. The average Bonchev–Trinajstić information content (AvgIpc) is 1.99. The summed E-state index contributed by atoms with van der Waals surface area (Å²) in [7, 11) is 0. The maximum atomic E-state index is 9.33.